The normalized spacial score (nSPS) is 19.6. The number of likely N-dealkylation sites (tertiary alicyclic amines) is 1. The Hall–Kier alpha value is -1.07. The number of carbonyl (C=O) groups excluding carboxylic acids is 1. The summed E-state index contributed by atoms with van der Waals surface area (Å²) in [6.07, 6.45) is 1.56. The van der Waals surface area contributed by atoms with Gasteiger partial charge in [-0.1, -0.05) is 15.9 Å². The van der Waals surface area contributed by atoms with Crippen molar-refractivity contribution in [1.82, 2.24) is 10.2 Å². The van der Waals surface area contributed by atoms with E-state index < -0.39 is 0 Å². The fraction of sp³-hybridized carbons (Fsp3) is 0.500. The third kappa shape index (κ3) is 4.51. The Morgan fingerprint density at radius 1 is 1.42 bits per heavy atom. The largest absolute Gasteiger partial charge is 0.492 e. The molecule has 0 spiro atoms. The highest BCUT2D eigenvalue weighted by Crippen LogP contribution is 2.15. The van der Waals surface area contributed by atoms with E-state index in [4.69, 9.17) is 4.74 Å². The minimum Gasteiger partial charge on any atom is -0.492 e. The summed E-state index contributed by atoms with van der Waals surface area (Å²) in [7, 11) is 1.86. The van der Waals surface area contributed by atoms with Crippen LogP contribution in [-0.4, -0.2) is 43.6 Å². The van der Waals surface area contributed by atoms with E-state index in [-0.39, 0.29) is 5.91 Å². The van der Waals surface area contributed by atoms with Crippen molar-refractivity contribution in [2.75, 3.05) is 26.7 Å². The molecule has 1 unspecified atom stereocenters. The lowest BCUT2D eigenvalue weighted by atomic mass is 10.1. The van der Waals surface area contributed by atoms with Crippen LogP contribution in [0.2, 0.25) is 0 Å². The molecule has 104 valence electrons. The monoisotopic (exact) mass is 326 g/mol. The van der Waals surface area contributed by atoms with Crippen molar-refractivity contribution in [2.45, 2.75) is 18.9 Å². The molecule has 1 aliphatic heterocycles. The topological polar surface area (TPSA) is 41.6 Å². The molecule has 4 nitrogen and oxygen atoms in total. The van der Waals surface area contributed by atoms with Gasteiger partial charge in [0.05, 0.1) is 0 Å². The summed E-state index contributed by atoms with van der Waals surface area (Å²) in [6, 6.07) is 8.19. The lowest BCUT2D eigenvalue weighted by Gasteiger charge is -2.30. The highest BCUT2D eigenvalue weighted by atomic mass is 79.9. The molecule has 0 aliphatic carbocycles. The number of piperidine rings is 1. The van der Waals surface area contributed by atoms with Gasteiger partial charge in [0.1, 0.15) is 12.4 Å². The SMILES string of the molecule is CN1CC(NCCOc2ccc(Br)cc2)CCC1=O. The standard InChI is InChI=1S/C14H19BrN2O2/c1-17-10-12(4-7-14(17)18)16-8-9-19-13-5-2-11(15)3-6-13/h2-3,5-6,12,16H,4,7-10H2,1H3. The molecule has 2 rings (SSSR count). The summed E-state index contributed by atoms with van der Waals surface area (Å²) in [5.74, 6) is 1.12. The summed E-state index contributed by atoms with van der Waals surface area (Å²) in [5, 5.41) is 3.43. The number of ether oxygens (including phenoxy) is 1. The van der Waals surface area contributed by atoms with Crippen LogP contribution in [-0.2, 0) is 4.79 Å². The van der Waals surface area contributed by atoms with Crippen molar-refractivity contribution in [2.24, 2.45) is 0 Å². The highest BCUT2D eigenvalue weighted by molar-refractivity contribution is 9.10. The van der Waals surface area contributed by atoms with Crippen LogP contribution in [0.15, 0.2) is 28.7 Å². The van der Waals surface area contributed by atoms with E-state index in [2.05, 4.69) is 21.2 Å². The zero-order chi connectivity index (χ0) is 13.7. The van der Waals surface area contributed by atoms with Crippen LogP contribution in [0.25, 0.3) is 0 Å². The second-order valence-electron chi connectivity index (χ2n) is 4.77. The van der Waals surface area contributed by atoms with Crippen molar-refractivity contribution >= 4 is 21.8 Å². The number of likely N-dealkylation sites (N-methyl/N-ethyl adjacent to an activating group) is 1. The Bertz CT molecular complexity index is 422. The molecule has 0 saturated carbocycles. The average molecular weight is 327 g/mol. The third-order valence-corrected chi connectivity index (χ3v) is 3.77. The van der Waals surface area contributed by atoms with Crippen LogP contribution < -0.4 is 10.1 Å². The van der Waals surface area contributed by atoms with Crippen LogP contribution in [0, 0.1) is 0 Å². The molecule has 1 aromatic rings. The van der Waals surface area contributed by atoms with E-state index in [1.165, 1.54) is 0 Å². The first-order valence-electron chi connectivity index (χ1n) is 6.51. The summed E-state index contributed by atoms with van der Waals surface area (Å²) >= 11 is 3.39. The van der Waals surface area contributed by atoms with Gasteiger partial charge in [-0.2, -0.15) is 0 Å². The van der Waals surface area contributed by atoms with Gasteiger partial charge in [-0.15, -0.1) is 0 Å². The average Bonchev–Trinajstić information content (AvgIpc) is 2.41. The zero-order valence-corrected chi connectivity index (χ0v) is 12.6. The van der Waals surface area contributed by atoms with Crippen LogP contribution >= 0.6 is 15.9 Å². The maximum absolute atomic E-state index is 11.4. The van der Waals surface area contributed by atoms with Crippen molar-refractivity contribution in [3.63, 3.8) is 0 Å². The molecule has 1 N–H and O–H groups in total. The number of hydrogen-bond donors (Lipinski definition) is 1. The fourth-order valence-corrected chi connectivity index (χ4v) is 2.41. The molecule has 0 aromatic heterocycles. The van der Waals surface area contributed by atoms with Gasteiger partial charge in [-0.05, 0) is 30.7 Å². The second kappa shape index (κ2) is 6.91. The zero-order valence-electron chi connectivity index (χ0n) is 11.1. The van der Waals surface area contributed by atoms with Gasteiger partial charge in [-0.3, -0.25) is 4.79 Å². The molecule has 1 fully saturated rings. The first-order chi connectivity index (χ1) is 9.15. The van der Waals surface area contributed by atoms with Crippen molar-refractivity contribution in [3.05, 3.63) is 28.7 Å². The van der Waals surface area contributed by atoms with Crippen molar-refractivity contribution in [1.29, 1.82) is 0 Å². The van der Waals surface area contributed by atoms with E-state index in [9.17, 15) is 4.79 Å². The number of hydrogen-bond acceptors (Lipinski definition) is 3. The first kappa shape index (κ1) is 14.3. The van der Waals surface area contributed by atoms with Gasteiger partial charge in [0.2, 0.25) is 5.91 Å². The van der Waals surface area contributed by atoms with Gasteiger partial charge < -0.3 is 15.0 Å². The van der Waals surface area contributed by atoms with E-state index in [0.29, 0.717) is 19.1 Å². The Morgan fingerprint density at radius 3 is 2.84 bits per heavy atom. The van der Waals surface area contributed by atoms with Crippen LogP contribution in [0.3, 0.4) is 0 Å². The van der Waals surface area contributed by atoms with Gasteiger partial charge in [0.15, 0.2) is 0 Å². The molecule has 0 radical (unpaired) electrons. The lowest BCUT2D eigenvalue weighted by Crippen LogP contribution is -2.47. The molecule has 1 atom stereocenters. The highest BCUT2D eigenvalue weighted by Gasteiger charge is 2.21. The predicted octanol–water partition coefficient (Wildman–Crippen LogP) is 2.04. The number of nitrogens with zero attached hydrogens (tertiary/aromatic N) is 1. The summed E-state index contributed by atoms with van der Waals surface area (Å²) < 4.78 is 6.69. The Kier molecular flexibility index (Phi) is 5.22. The minimum atomic E-state index is 0.240. The number of carbonyl (C=O) groups is 1. The molecule has 1 amide bonds. The van der Waals surface area contributed by atoms with Gasteiger partial charge in [0.25, 0.3) is 0 Å². The van der Waals surface area contributed by atoms with Crippen LogP contribution in [0.5, 0.6) is 5.75 Å². The van der Waals surface area contributed by atoms with Gasteiger partial charge in [0, 0.05) is 37.1 Å². The van der Waals surface area contributed by atoms with Crippen LogP contribution in [0.4, 0.5) is 0 Å². The summed E-state index contributed by atoms with van der Waals surface area (Å²) in [6.45, 7) is 2.22. The summed E-state index contributed by atoms with van der Waals surface area (Å²) in [4.78, 5) is 13.1. The van der Waals surface area contributed by atoms with Gasteiger partial charge in [-0.25, -0.2) is 0 Å². The fourth-order valence-electron chi connectivity index (χ4n) is 2.14. The Balaban J connectivity index is 1.64. The van der Waals surface area contributed by atoms with E-state index in [0.717, 1.165) is 29.7 Å². The lowest BCUT2D eigenvalue weighted by molar-refractivity contribution is -0.132. The van der Waals surface area contributed by atoms with Crippen LogP contribution in [0.1, 0.15) is 12.8 Å². The number of halogens is 1. The molecule has 5 heteroatoms. The van der Waals surface area contributed by atoms with Crippen molar-refractivity contribution < 1.29 is 9.53 Å². The van der Waals surface area contributed by atoms with Crippen molar-refractivity contribution in [3.8, 4) is 5.75 Å². The number of rotatable bonds is 5. The molecule has 1 aliphatic rings. The molecule has 1 saturated heterocycles. The third-order valence-electron chi connectivity index (χ3n) is 3.24. The smallest absolute Gasteiger partial charge is 0.222 e. The molecule has 1 aromatic carbocycles. The maximum atomic E-state index is 11.4. The van der Waals surface area contributed by atoms with E-state index >= 15 is 0 Å². The molecular weight excluding hydrogens is 308 g/mol. The number of benzene rings is 1. The Labute approximate surface area is 122 Å². The van der Waals surface area contributed by atoms with E-state index in [1.807, 2.05) is 31.3 Å². The minimum absolute atomic E-state index is 0.240. The number of nitrogens with one attached hydrogen (secondary N) is 1. The predicted molar refractivity (Wildman–Crippen MR) is 78.3 cm³/mol. The molecular formula is C14H19BrN2O2. The quantitative estimate of drug-likeness (QED) is 0.842. The van der Waals surface area contributed by atoms with E-state index in [1.54, 1.807) is 4.90 Å². The first-order valence-corrected chi connectivity index (χ1v) is 7.30. The molecule has 0 bridgehead atoms. The molecule has 19 heavy (non-hydrogen) atoms. The summed E-state index contributed by atoms with van der Waals surface area (Å²) in [5.41, 5.74) is 0. The van der Waals surface area contributed by atoms with Gasteiger partial charge >= 0.3 is 0 Å². The molecule has 1 heterocycles. The maximum Gasteiger partial charge on any atom is 0.222 e. The number of amides is 1. The second-order valence-corrected chi connectivity index (χ2v) is 5.68. The Morgan fingerprint density at radius 2 is 2.16 bits per heavy atom.